The van der Waals surface area contributed by atoms with Crippen LogP contribution in [0.4, 0.5) is 0 Å². The number of rotatable bonds is 6. The number of benzene rings is 1. The van der Waals surface area contributed by atoms with Gasteiger partial charge in [0.1, 0.15) is 0 Å². The number of nitrogens with zero attached hydrogens (tertiary/aromatic N) is 4. The number of tetrazole rings is 1. The first kappa shape index (κ1) is 15.4. The molecule has 0 spiro atoms. The minimum absolute atomic E-state index is 0.00844. The summed E-state index contributed by atoms with van der Waals surface area (Å²) in [6.07, 6.45) is 1.54. The van der Waals surface area contributed by atoms with Gasteiger partial charge in [0.25, 0.3) is 0 Å². The molecular weight excluding hydrogens is 292 g/mol. The van der Waals surface area contributed by atoms with Crippen molar-refractivity contribution < 1.29 is 9.90 Å². The highest BCUT2D eigenvalue weighted by Gasteiger charge is 2.21. The number of aliphatic carboxylic acids is 1. The Kier molecular flexibility index (Phi) is 4.90. The van der Waals surface area contributed by atoms with E-state index in [0.29, 0.717) is 17.3 Å². The second-order valence-corrected chi connectivity index (χ2v) is 5.31. The van der Waals surface area contributed by atoms with Gasteiger partial charge in [-0.25, -0.2) is 4.68 Å². The molecule has 1 aromatic heterocycles. The van der Waals surface area contributed by atoms with Gasteiger partial charge < -0.3 is 5.11 Å². The van der Waals surface area contributed by atoms with Gasteiger partial charge in [-0.1, -0.05) is 37.1 Å². The van der Waals surface area contributed by atoms with E-state index in [2.05, 4.69) is 15.5 Å². The van der Waals surface area contributed by atoms with Gasteiger partial charge in [-0.05, 0) is 35.4 Å². The predicted molar refractivity (Wildman–Crippen MR) is 79.2 cm³/mol. The third kappa shape index (κ3) is 3.39. The van der Waals surface area contributed by atoms with Crippen molar-refractivity contribution in [2.24, 2.45) is 0 Å². The van der Waals surface area contributed by atoms with Crippen molar-refractivity contribution >= 4 is 17.6 Å². The van der Waals surface area contributed by atoms with E-state index in [1.54, 1.807) is 10.7 Å². The highest BCUT2D eigenvalue weighted by Crippen LogP contribution is 2.29. The zero-order chi connectivity index (χ0) is 15.4. The summed E-state index contributed by atoms with van der Waals surface area (Å²) in [6.45, 7) is 3.90. The molecule has 1 atom stereocenters. The van der Waals surface area contributed by atoms with E-state index in [4.69, 9.17) is 16.7 Å². The lowest BCUT2D eigenvalue weighted by atomic mass is 10.1. The van der Waals surface area contributed by atoms with E-state index >= 15 is 0 Å². The van der Waals surface area contributed by atoms with E-state index in [1.165, 1.54) is 0 Å². The predicted octanol–water partition coefficient (Wildman–Crippen LogP) is 3.12. The number of hydrogen-bond acceptors (Lipinski definition) is 4. The molecule has 1 unspecified atom stereocenters. The fourth-order valence-electron chi connectivity index (χ4n) is 2.31. The molecule has 112 valence electrons. The van der Waals surface area contributed by atoms with Gasteiger partial charge in [0.2, 0.25) is 0 Å². The quantitative estimate of drug-likeness (QED) is 0.886. The molecule has 1 heterocycles. The molecule has 2 aromatic rings. The van der Waals surface area contributed by atoms with Gasteiger partial charge in [0, 0.05) is 10.6 Å². The van der Waals surface area contributed by atoms with Crippen molar-refractivity contribution in [3.8, 4) is 11.4 Å². The van der Waals surface area contributed by atoms with Crippen LogP contribution in [0, 0.1) is 6.92 Å². The first-order valence-electron chi connectivity index (χ1n) is 6.79. The van der Waals surface area contributed by atoms with Crippen LogP contribution in [-0.4, -0.2) is 31.3 Å². The van der Waals surface area contributed by atoms with Crippen molar-refractivity contribution in [2.75, 3.05) is 0 Å². The van der Waals surface area contributed by atoms with Crippen LogP contribution >= 0.6 is 11.6 Å². The Hall–Kier alpha value is -1.95. The summed E-state index contributed by atoms with van der Waals surface area (Å²) >= 11 is 6.14. The summed E-state index contributed by atoms with van der Waals surface area (Å²) in [5, 5.41) is 21.4. The second-order valence-electron chi connectivity index (χ2n) is 4.90. The minimum atomic E-state index is -0.863. The molecule has 0 radical (unpaired) electrons. The van der Waals surface area contributed by atoms with E-state index in [1.807, 2.05) is 26.0 Å². The van der Waals surface area contributed by atoms with Gasteiger partial charge in [0.15, 0.2) is 5.82 Å². The maximum absolute atomic E-state index is 11.0. The normalized spacial score (nSPS) is 12.3. The Morgan fingerprint density at radius 2 is 2.24 bits per heavy atom. The van der Waals surface area contributed by atoms with Crippen LogP contribution in [0.25, 0.3) is 11.4 Å². The minimum Gasteiger partial charge on any atom is -0.481 e. The highest BCUT2D eigenvalue weighted by atomic mass is 35.5. The summed E-state index contributed by atoms with van der Waals surface area (Å²) in [6, 6.07) is 5.24. The average molecular weight is 309 g/mol. The number of carbonyl (C=O) groups is 1. The van der Waals surface area contributed by atoms with E-state index in [0.717, 1.165) is 17.5 Å². The molecular formula is C14H17ClN4O2. The molecule has 0 aliphatic heterocycles. The lowest BCUT2D eigenvalue weighted by Gasteiger charge is -2.16. The van der Waals surface area contributed by atoms with Crippen LogP contribution in [0.2, 0.25) is 5.02 Å². The first-order chi connectivity index (χ1) is 10.0. The number of halogens is 1. The van der Waals surface area contributed by atoms with Gasteiger partial charge in [-0.15, -0.1) is 5.10 Å². The lowest BCUT2D eigenvalue weighted by Crippen LogP contribution is -2.16. The van der Waals surface area contributed by atoms with Gasteiger partial charge >= 0.3 is 5.97 Å². The third-order valence-electron chi connectivity index (χ3n) is 3.38. The van der Waals surface area contributed by atoms with Gasteiger partial charge in [-0.2, -0.15) is 0 Å². The summed E-state index contributed by atoms with van der Waals surface area (Å²) in [5.41, 5.74) is 1.69. The van der Waals surface area contributed by atoms with Crippen LogP contribution in [0.15, 0.2) is 18.2 Å². The fourth-order valence-corrected chi connectivity index (χ4v) is 2.49. The van der Waals surface area contributed by atoms with Crippen molar-refractivity contribution in [2.45, 2.75) is 39.2 Å². The summed E-state index contributed by atoms with van der Waals surface area (Å²) in [4.78, 5) is 11.0. The zero-order valence-corrected chi connectivity index (χ0v) is 12.7. The monoisotopic (exact) mass is 308 g/mol. The summed E-state index contributed by atoms with van der Waals surface area (Å²) in [5.74, 6) is -0.313. The second kappa shape index (κ2) is 6.67. The topological polar surface area (TPSA) is 80.9 Å². The molecule has 0 fully saturated rings. The highest BCUT2D eigenvalue weighted by molar-refractivity contribution is 6.31. The van der Waals surface area contributed by atoms with Crippen LogP contribution < -0.4 is 0 Å². The largest absolute Gasteiger partial charge is 0.481 e. The molecule has 0 aliphatic carbocycles. The number of aromatic nitrogens is 4. The van der Waals surface area contributed by atoms with E-state index < -0.39 is 5.97 Å². The average Bonchev–Trinajstić information content (AvgIpc) is 2.90. The zero-order valence-electron chi connectivity index (χ0n) is 12.0. The Labute approximate surface area is 127 Å². The number of carboxylic acids is 1. The molecule has 0 saturated heterocycles. The molecule has 0 amide bonds. The van der Waals surface area contributed by atoms with Crippen LogP contribution in [0.1, 0.15) is 37.8 Å². The van der Waals surface area contributed by atoms with E-state index in [-0.39, 0.29) is 12.5 Å². The summed E-state index contributed by atoms with van der Waals surface area (Å²) in [7, 11) is 0. The van der Waals surface area contributed by atoms with Crippen molar-refractivity contribution in [1.29, 1.82) is 0 Å². The smallest absolute Gasteiger partial charge is 0.305 e. The molecule has 21 heavy (non-hydrogen) atoms. The Morgan fingerprint density at radius 1 is 1.48 bits per heavy atom. The maximum Gasteiger partial charge on any atom is 0.305 e. The molecule has 1 aromatic carbocycles. The number of hydrogen-bond donors (Lipinski definition) is 1. The Balaban J connectivity index is 2.45. The first-order valence-corrected chi connectivity index (χ1v) is 7.17. The maximum atomic E-state index is 11.0. The molecule has 2 rings (SSSR count). The standard InChI is InChI=1S/C14H17ClN4O2/c1-3-5-10(8-13(20)21)19-14(16-17-18-19)11-6-4-7-12(15)9(11)2/h4,6-7,10H,3,5,8H2,1-2H3,(H,20,21). The molecule has 1 N–H and O–H groups in total. The molecule has 7 heteroatoms. The number of carboxylic acid groups (broad SMARTS) is 1. The van der Waals surface area contributed by atoms with Crippen molar-refractivity contribution in [3.63, 3.8) is 0 Å². The Bertz CT molecular complexity index is 642. The van der Waals surface area contributed by atoms with Gasteiger partial charge in [-0.3, -0.25) is 4.79 Å². The van der Waals surface area contributed by atoms with E-state index in [9.17, 15) is 4.79 Å². The molecule has 6 nitrogen and oxygen atoms in total. The van der Waals surface area contributed by atoms with Crippen LogP contribution in [0.3, 0.4) is 0 Å². The fraction of sp³-hybridized carbons (Fsp3) is 0.429. The van der Waals surface area contributed by atoms with Crippen LogP contribution in [0.5, 0.6) is 0 Å². The third-order valence-corrected chi connectivity index (χ3v) is 3.79. The SMILES string of the molecule is CCCC(CC(=O)O)n1nnnc1-c1cccc(Cl)c1C. The Morgan fingerprint density at radius 3 is 2.90 bits per heavy atom. The summed E-state index contributed by atoms with van der Waals surface area (Å²) < 4.78 is 1.59. The molecule has 0 aliphatic rings. The van der Waals surface area contributed by atoms with Gasteiger partial charge in [0.05, 0.1) is 12.5 Å². The van der Waals surface area contributed by atoms with Crippen molar-refractivity contribution in [1.82, 2.24) is 20.2 Å². The lowest BCUT2D eigenvalue weighted by molar-refractivity contribution is -0.138. The molecule has 0 saturated carbocycles. The molecule has 0 bridgehead atoms. The van der Waals surface area contributed by atoms with Crippen LogP contribution in [-0.2, 0) is 4.79 Å². The van der Waals surface area contributed by atoms with Crippen molar-refractivity contribution in [3.05, 3.63) is 28.8 Å².